The van der Waals surface area contributed by atoms with Gasteiger partial charge in [0, 0.05) is 0 Å². The van der Waals surface area contributed by atoms with E-state index in [1.807, 2.05) is 0 Å². The topological polar surface area (TPSA) is 111 Å². The molecule has 0 aliphatic carbocycles. The first-order chi connectivity index (χ1) is 10.3. The molecule has 12 heteroatoms. The van der Waals surface area contributed by atoms with Crippen molar-refractivity contribution >= 4 is 27.2 Å². The monoisotopic (exact) mass is 376 g/mol. The van der Waals surface area contributed by atoms with Gasteiger partial charge in [-0.3, -0.25) is 5.32 Å². The molecule has 0 aromatic rings. The van der Waals surface area contributed by atoms with Crippen molar-refractivity contribution in [1.82, 2.24) is 5.32 Å². The zero-order valence-electron chi connectivity index (χ0n) is 13.9. The fraction of sp³-hybridized carbons (Fsp3) is 0.750. The minimum atomic E-state index is -6.10. The first kappa shape index (κ1) is 22.1. The second-order valence-corrected chi connectivity index (χ2v) is 8.33. The lowest BCUT2D eigenvalue weighted by atomic mass is 10.2. The van der Waals surface area contributed by atoms with Crippen LogP contribution in [0.1, 0.15) is 41.5 Å². The molecule has 0 saturated heterocycles. The fourth-order valence-corrected chi connectivity index (χ4v) is 1.66. The van der Waals surface area contributed by atoms with E-state index in [0.717, 1.165) is 0 Å². The molecule has 140 valence electrons. The molecule has 8 nitrogen and oxygen atoms in total. The van der Waals surface area contributed by atoms with Crippen LogP contribution in [0.3, 0.4) is 0 Å². The number of rotatable bonds is 0. The predicted molar refractivity (Wildman–Crippen MR) is 78.0 cm³/mol. The van der Waals surface area contributed by atoms with Crippen molar-refractivity contribution in [3.63, 3.8) is 0 Å². The zero-order chi connectivity index (χ0) is 19.6. The molecular formula is C12H19F3N2O6S. The lowest BCUT2D eigenvalue weighted by molar-refractivity contribution is -0.0418. The van der Waals surface area contributed by atoms with Gasteiger partial charge in [0.2, 0.25) is 5.17 Å². The molecule has 0 bridgehead atoms. The van der Waals surface area contributed by atoms with Gasteiger partial charge >= 0.3 is 27.5 Å². The number of hydrogen-bond donors (Lipinski definition) is 1. The number of ether oxygens (including phenoxy) is 2. The van der Waals surface area contributed by atoms with Gasteiger partial charge in [0.05, 0.1) is 0 Å². The molecule has 0 spiro atoms. The van der Waals surface area contributed by atoms with Crippen molar-refractivity contribution in [2.45, 2.75) is 58.3 Å². The van der Waals surface area contributed by atoms with Gasteiger partial charge in [0.1, 0.15) is 11.2 Å². The summed E-state index contributed by atoms with van der Waals surface area (Å²) in [5.74, 6) is 0. The Balaban J connectivity index is 5.72. The highest BCUT2D eigenvalue weighted by molar-refractivity contribution is 8.07. The molecule has 24 heavy (non-hydrogen) atoms. The molecule has 0 aliphatic heterocycles. The zero-order valence-corrected chi connectivity index (χ0v) is 14.8. The maximum atomic E-state index is 12.6. The molecule has 0 aromatic carbocycles. The van der Waals surface area contributed by atoms with Gasteiger partial charge in [-0.15, -0.1) is 4.99 Å². The Labute approximate surface area is 137 Å². The minimum absolute atomic E-state index is 1.12. The summed E-state index contributed by atoms with van der Waals surface area (Å²) in [5, 5.41) is -0.615. The average Bonchev–Trinajstić information content (AvgIpc) is 2.20. The maximum absolute atomic E-state index is 12.6. The normalized spacial score (nSPS) is 14.1. The smallest absolute Gasteiger partial charge is 0.444 e. The standard InChI is InChI=1S/C12H19F3N2O6S/c1-10(2,3)22-8(18)16-7(24(20,21)12(13,14)15)17-9(19)23-11(4,5)6/h1-6H3,(H,16,17,18,19). The number of nitrogens with one attached hydrogen (secondary N) is 1. The van der Waals surface area contributed by atoms with Gasteiger partial charge in [0.25, 0.3) is 0 Å². The van der Waals surface area contributed by atoms with E-state index in [9.17, 15) is 31.2 Å². The van der Waals surface area contributed by atoms with Crippen molar-refractivity contribution in [3.05, 3.63) is 0 Å². The highest BCUT2D eigenvalue weighted by atomic mass is 32.2. The molecule has 0 heterocycles. The van der Waals surface area contributed by atoms with Crippen LogP contribution >= 0.6 is 0 Å². The number of alkyl halides is 3. The number of nitrogens with zero attached hydrogens (tertiary/aromatic N) is 1. The van der Waals surface area contributed by atoms with E-state index < -0.39 is 43.9 Å². The van der Waals surface area contributed by atoms with Crippen molar-refractivity contribution in [2.75, 3.05) is 0 Å². The number of carbonyl (C=O) groups is 2. The van der Waals surface area contributed by atoms with Crippen molar-refractivity contribution in [3.8, 4) is 0 Å². The lowest BCUT2D eigenvalue weighted by Crippen LogP contribution is -2.45. The summed E-state index contributed by atoms with van der Waals surface area (Å²) in [6, 6.07) is 0. The molecule has 0 radical (unpaired) electrons. The first-order valence-electron chi connectivity index (χ1n) is 6.48. The summed E-state index contributed by atoms with van der Waals surface area (Å²) in [6.45, 7) is 8.36. The fourth-order valence-electron chi connectivity index (χ4n) is 1.02. The second kappa shape index (κ2) is 6.95. The van der Waals surface area contributed by atoms with Crippen molar-refractivity contribution < 1.29 is 40.7 Å². The van der Waals surface area contributed by atoms with Crippen LogP contribution in [0.15, 0.2) is 4.99 Å². The van der Waals surface area contributed by atoms with E-state index in [2.05, 4.69) is 14.5 Å². The molecule has 0 atom stereocenters. The molecule has 0 aromatic heterocycles. The van der Waals surface area contributed by atoms with Gasteiger partial charge in [-0.1, -0.05) is 0 Å². The Morgan fingerprint density at radius 3 is 1.67 bits per heavy atom. The number of sulfone groups is 1. The summed E-state index contributed by atoms with van der Waals surface area (Å²) in [7, 11) is -6.10. The molecule has 2 amide bonds. The van der Waals surface area contributed by atoms with Crippen LogP contribution in [-0.2, 0) is 19.3 Å². The van der Waals surface area contributed by atoms with Crippen molar-refractivity contribution in [1.29, 1.82) is 0 Å². The highest BCUT2D eigenvalue weighted by Gasteiger charge is 2.51. The van der Waals surface area contributed by atoms with Crippen LogP contribution < -0.4 is 5.32 Å². The first-order valence-corrected chi connectivity index (χ1v) is 7.96. The van der Waals surface area contributed by atoms with Gasteiger partial charge in [-0.2, -0.15) is 13.2 Å². The van der Waals surface area contributed by atoms with Gasteiger partial charge < -0.3 is 9.47 Å². The largest absolute Gasteiger partial charge is 0.504 e. The number of aliphatic imine (C=N–C) groups is 1. The Bertz CT molecular complexity index is 627. The Morgan fingerprint density at radius 1 is 0.917 bits per heavy atom. The van der Waals surface area contributed by atoms with Gasteiger partial charge in [-0.25, -0.2) is 18.0 Å². The Kier molecular flexibility index (Phi) is 6.41. The van der Waals surface area contributed by atoms with Crippen molar-refractivity contribution in [2.24, 2.45) is 4.99 Å². The lowest BCUT2D eigenvalue weighted by Gasteiger charge is -2.21. The van der Waals surface area contributed by atoms with E-state index in [0.29, 0.717) is 0 Å². The third-order valence-corrected chi connectivity index (χ3v) is 3.07. The third-order valence-electron chi connectivity index (χ3n) is 1.75. The summed E-state index contributed by atoms with van der Waals surface area (Å²) >= 11 is 0. The Hall–Kier alpha value is -1.85. The SMILES string of the molecule is CC(C)(C)OC(=O)N=C(NC(=O)OC(C)(C)C)S(=O)(=O)C(F)(F)F. The van der Waals surface area contributed by atoms with Gasteiger partial charge in [-0.05, 0) is 41.5 Å². The van der Waals surface area contributed by atoms with Crippen LogP contribution in [0.2, 0.25) is 0 Å². The van der Waals surface area contributed by atoms with Crippen LogP contribution in [0.4, 0.5) is 22.8 Å². The van der Waals surface area contributed by atoms with Crippen LogP contribution in [0.5, 0.6) is 0 Å². The summed E-state index contributed by atoms with van der Waals surface area (Å²) < 4.78 is 70.0. The summed E-state index contributed by atoms with van der Waals surface area (Å²) in [6.07, 6.45) is -3.15. The number of carbonyl (C=O) groups excluding carboxylic acids is 2. The molecule has 0 fully saturated rings. The molecular weight excluding hydrogens is 357 g/mol. The van der Waals surface area contributed by atoms with E-state index in [4.69, 9.17) is 0 Å². The Morgan fingerprint density at radius 2 is 1.33 bits per heavy atom. The summed E-state index contributed by atoms with van der Waals surface area (Å²) in [5.41, 5.74) is -8.05. The third kappa shape index (κ3) is 7.62. The van der Waals surface area contributed by atoms with Crippen LogP contribution in [0, 0.1) is 0 Å². The summed E-state index contributed by atoms with van der Waals surface area (Å²) in [4.78, 5) is 25.7. The van der Waals surface area contributed by atoms with E-state index in [1.54, 1.807) is 0 Å². The maximum Gasteiger partial charge on any atom is 0.504 e. The average molecular weight is 376 g/mol. The number of hydrogen-bond acceptors (Lipinski definition) is 6. The predicted octanol–water partition coefficient (Wildman–Crippen LogP) is 2.74. The number of halogens is 3. The van der Waals surface area contributed by atoms with Crippen LogP contribution in [-0.4, -0.2) is 42.5 Å². The second-order valence-electron chi connectivity index (χ2n) is 6.47. The molecule has 0 rings (SSSR count). The van der Waals surface area contributed by atoms with E-state index >= 15 is 0 Å². The number of alkyl carbamates (subject to hydrolysis) is 1. The molecule has 0 aliphatic rings. The van der Waals surface area contributed by atoms with Crippen LogP contribution in [0.25, 0.3) is 0 Å². The van der Waals surface area contributed by atoms with E-state index in [-0.39, 0.29) is 0 Å². The number of amidine groups is 1. The minimum Gasteiger partial charge on any atom is -0.444 e. The highest BCUT2D eigenvalue weighted by Crippen LogP contribution is 2.25. The molecule has 1 N–H and O–H groups in total. The molecule has 0 saturated carbocycles. The van der Waals surface area contributed by atoms with E-state index in [1.165, 1.54) is 46.9 Å². The molecule has 0 unspecified atom stereocenters. The van der Waals surface area contributed by atoms with Gasteiger partial charge in [0.15, 0.2) is 0 Å². The quantitative estimate of drug-likeness (QED) is 0.514. The number of amides is 2.